The highest BCUT2D eigenvalue weighted by atomic mass is 32.2. The minimum absolute atomic E-state index is 0.705. The predicted octanol–water partition coefficient (Wildman–Crippen LogP) is 5.97. The molecule has 0 radical (unpaired) electrons. The van der Waals surface area contributed by atoms with E-state index in [1.807, 2.05) is 60.9 Å². The average molecular weight is 449 g/mol. The van der Waals surface area contributed by atoms with E-state index in [1.54, 1.807) is 31.8 Å². The predicted molar refractivity (Wildman–Crippen MR) is 130 cm³/mol. The summed E-state index contributed by atoms with van der Waals surface area (Å²) in [7, 11) is -3.36. The largest absolute Gasteiger partial charge is 0.256 e. The summed E-state index contributed by atoms with van der Waals surface area (Å²) in [5.41, 5.74) is 5.31. The van der Waals surface area contributed by atoms with Crippen LogP contribution in [0.4, 0.5) is 0 Å². The lowest BCUT2D eigenvalue weighted by Crippen LogP contribution is -2.28. The van der Waals surface area contributed by atoms with Gasteiger partial charge in [0.25, 0.3) is 0 Å². The van der Waals surface area contributed by atoms with E-state index >= 15 is 0 Å². The molecule has 0 unspecified atom stereocenters. The van der Waals surface area contributed by atoms with Crippen molar-refractivity contribution < 1.29 is 8.42 Å². The van der Waals surface area contributed by atoms with Crippen molar-refractivity contribution in [1.29, 1.82) is 0 Å². The first-order valence-electron chi connectivity index (χ1n) is 9.91. The normalized spacial score (nSPS) is 12.3. The summed E-state index contributed by atoms with van der Waals surface area (Å²) in [4.78, 5) is 9.21. The highest BCUT2D eigenvalue weighted by molar-refractivity contribution is 7.98. The molecule has 158 valence electrons. The van der Waals surface area contributed by atoms with Gasteiger partial charge in [-0.3, -0.25) is 4.98 Å². The molecule has 2 aromatic heterocycles. The average Bonchev–Trinajstić information content (AvgIpc) is 2.77. The lowest BCUT2D eigenvalue weighted by atomic mass is 9.92. The number of thioether (sulfide) groups is 1. The van der Waals surface area contributed by atoms with Crippen LogP contribution in [0.2, 0.25) is 0 Å². The Balaban J connectivity index is 1.92. The molecule has 0 spiro atoms. The van der Waals surface area contributed by atoms with Crippen LogP contribution in [-0.2, 0) is 14.6 Å². The summed E-state index contributed by atoms with van der Waals surface area (Å²) in [6, 6.07) is 22.1. The molecule has 31 heavy (non-hydrogen) atoms. The van der Waals surface area contributed by atoms with Crippen LogP contribution in [0, 0.1) is 0 Å². The summed E-state index contributed by atoms with van der Waals surface area (Å²) in [5.74, 6) is 0. The van der Waals surface area contributed by atoms with Crippen molar-refractivity contribution in [1.82, 2.24) is 9.97 Å². The smallest absolute Gasteiger partial charge is 0.156 e. The molecule has 0 saturated heterocycles. The molecule has 0 N–H and O–H groups in total. The van der Waals surface area contributed by atoms with E-state index in [0.717, 1.165) is 32.8 Å². The van der Waals surface area contributed by atoms with Crippen LogP contribution in [0.15, 0.2) is 78.0 Å². The van der Waals surface area contributed by atoms with Crippen molar-refractivity contribution in [3.8, 4) is 22.4 Å². The minimum Gasteiger partial charge on any atom is -0.256 e. The minimum atomic E-state index is -3.36. The zero-order valence-corrected chi connectivity index (χ0v) is 19.6. The Kier molecular flexibility index (Phi) is 5.62. The maximum atomic E-state index is 12.6. The van der Waals surface area contributed by atoms with Crippen LogP contribution >= 0.6 is 11.8 Å². The number of nitrogens with zero attached hydrogens (tertiary/aromatic N) is 2. The molecule has 0 aliphatic carbocycles. The number of hydrogen-bond donors (Lipinski definition) is 0. The third-order valence-corrected chi connectivity index (χ3v) is 8.42. The SMILES string of the molecule is CSc1cccc(-c2cccc(-c3cc(C(C)(C)S(C)(=O)=O)c4ncccc4c3)c2)n1. The molecule has 4 rings (SSSR count). The van der Waals surface area contributed by atoms with Gasteiger partial charge >= 0.3 is 0 Å². The Morgan fingerprint density at radius 3 is 2.35 bits per heavy atom. The second kappa shape index (κ2) is 8.09. The monoisotopic (exact) mass is 448 g/mol. The van der Waals surface area contributed by atoms with E-state index in [2.05, 4.69) is 17.1 Å². The Hall–Kier alpha value is -2.70. The third-order valence-electron chi connectivity index (χ3n) is 5.70. The third kappa shape index (κ3) is 4.10. The van der Waals surface area contributed by atoms with Crippen LogP contribution in [0.25, 0.3) is 33.3 Å². The molecule has 0 aliphatic rings. The lowest BCUT2D eigenvalue weighted by molar-refractivity contribution is 0.562. The fraction of sp³-hybridized carbons (Fsp3) is 0.200. The summed E-state index contributed by atoms with van der Waals surface area (Å²) in [6.07, 6.45) is 4.99. The zero-order chi connectivity index (χ0) is 22.2. The standard InChI is InChI=1S/C25H24N2O2S2/c1-25(2,31(4,28)29)21-16-20(15-19-10-7-13-26-24(19)21)17-8-5-9-18(14-17)22-11-6-12-23(27-22)30-3/h5-16H,1-4H3. The number of hydrogen-bond acceptors (Lipinski definition) is 5. The van der Waals surface area contributed by atoms with Gasteiger partial charge in [0.05, 0.1) is 21.0 Å². The van der Waals surface area contributed by atoms with Gasteiger partial charge < -0.3 is 0 Å². The first-order valence-corrected chi connectivity index (χ1v) is 13.0. The van der Waals surface area contributed by atoms with E-state index < -0.39 is 14.6 Å². The number of rotatable bonds is 5. The van der Waals surface area contributed by atoms with Crippen molar-refractivity contribution in [2.24, 2.45) is 0 Å². The molecule has 6 heteroatoms. The molecule has 2 heterocycles. The first kappa shape index (κ1) is 21.5. The van der Waals surface area contributed by atoms with Crippen LogP contribution in [0.5, 0.6) is 0 Å². The maximum absolute atomic E-state index is 12.6. The van der Waals surface area contributed by atoms with Crippen molar-refractivity contribution >= 4 is 32.5 Å². The van der Waals surface area contributed by atoms with Gasteiger partial charge in [0.2, 0.25) is 0 Å². The fourth-order valence-electron chi connectivity index (χ4n) is 3.57. The van der Waals surface area contributed by atoms with Crippen molar-refractivity contribution in [3.63, 3.8) is 0 Å². The molecule has 0 atom stereocenters. The zero-order valence-electron chi connectivity index (χ0n) is 18.0. The van der Waals surface area contributed by atoms with Gasteiger partial charge in [-0.15, -0.1) is 11.8 Å². The second-order valence-corrected chi connectivity index (χ2v) is 11.4. The first-order chi connectivity index (χ1) is 14.7. The summed E-state index contributed by atoms with van der Waals surface area (Å²) in [5, 5.41) is 1.89. The molecule has 0 aliphatic heterocycles. The van der Waals surface area contributed by atoms with Crippen LogP contribution < -0.4 is 0 Å². The molecular weight excluding hydrogens is 424 g/mol. The van der Waals surface area contributed by atoms with E-state index in [0.29, 0.717) is 11.1 Å². The quantitative estimate of drug-likeness (QED) is 0.352. The number of aromatic nitrogens is 2. The molecule has 4 aromatic rings. The van der Waals surface area contributed by atoms with Gasteiger partial charge in [0, 0.05) is 23.4 Å². The van der Waals surface area contributed by atoms with Gasteiger partial charge in [0.1, 0.15) is 0 Å². The lowest BCUT2D eigenvalue weighted by Gasteiger charge is -2.25. The Bertz CT molecular complexity index is 1380. The summed E-state index contributed by atoms with van der Waals surface area (Å²) < 4.78 is 24.1. The highest BCUT2D eigenvalue weighted by Gasteiger charge is 2.34. The number of fused-ring (bicyclic) bond motifs is 1. The van der Waals surface area contributed by atoms with Crippen molar-refractivity contribution in [3.05, 3.63) is 78.5 Å². The van der Waals surface area contributed by atoms with Crippen LogP contribution in [0.1, 0.15) is 19.4 Å². The molecule has 0 amide bonds. The Labute approximate surface area is 187 Å². The molecule has 0 fully saturated rings. The van der Waals surface area contributed by atoms with Crippen molar-refractivity contribution in [2.45, 2.75) is 23.6 Å². The topological polar surface area (TPSA) is 59.9 Å². The van der Waals surface area contributed by atoms with Gasteiger partial charge in [-0.1, -0.05) is 30.3 Å². The second-order valence-electron chi connectivity index (χ2n) is 8.03. The Morgan fingerprint density at radius 1 is 0.871 bits per heavy atom. The molecule has 4 nitrogen and oxygen atoms in total. The number of benzene rings is 2. The summed E-state index contributed by atoms with van der Waals surface area (Å²) in [6.45, 7) is 3.48. The van der Waals surface area contributed by atoms with E-state index in [4.69, 9.17) is 4.98 Å². The molecule has 0 bridgehead atoms. The molecule has 2 aromatic carbocycles. The van der Waals surface area contributed by atoms with Crippen LogP contribution in [-0.4, -0.2) is 30.9 Å². The van der Waals surface area contributed by atoms with Gasteiger partial charge in [-0.25, -0.2) is 13.4 Å². The summed E-state index contributed by atoms with van der Waals surface area (Å²) >= 11 is 1.61. The highest BCUT2D eigenvalue weighted by Crippen LogP contribution is 2.37. The fourth-order valence-corrected chi connectivity index (χ4v) is 4.52. The van der Waals surface area contributed by atoms with Gasteiger partial charge in [-0.2, -0.15) is 0 Å². The van der Waals surface area contributed by atoms with Crippen LogP contribution in [0.3, 0.4) is 0 Å². The van der Waals surface area contributed by atoms with E-state index in [-0.39, 0.29) is 0 Å². The Morgan fingerprint density at radius 2 is 1.61 bits per heavy atom. The van der Waals surface area contributed by atoms with E-state index in [9.17, 15) is 8.42 Å². The molecule has 0 saturated carbocycles. The van der Waals surface area contributed by atoms with E-state index in [1.165, 1.54) is 6.26 Å². The molecular formula is C25H24N2O2S2. The van der Waals surface area contributed by atoms with Gasteiger partial charge in [-0.05, 0) is 73.2 Å². The van der Waals surface area contributed by atoms with Crippen molar-refractivity contribution in [2.75, 3.05) is 12.5 Å². The maximum Gasteiger partial charge on any atom is 0.156 e. The van der Waals surface area contributed by atoms with Gasteiger partial charge in [0.15, 0.2) is 9.84 Å². The number of pyridine rings is 2. The number of sulfone groups is 1.